The Bertz CT molecular complexity index is 904. The molecule has 1 unspecified atom stereocenters. The minimum Gasteiger partial charge on any atom is -0.419 e. The molecule has 0 aliphatic carbocycles. The molecule has 7 nitrogen and oxygen atoms in total. The predicted molar refractivity (Wildman–Crippen MR) is 93.3 cm³/mol. The molecule has 1 aliphatic rings. The van der Waals surface area contributed by atoms with Gasteiger partial charge in [0.05, 0.1) is 10.8 Å². The first-order valence-electron chi connectivity index (χ1n) is 7.56. The SMILES string of the molecule is O=C(Oc1cc(F)ccc1[N+](=O)[O-])C1CC(=O)N(c2cccc(Br)c2)C1. The minimum absolute atomic E-state index is 0.0806. The van der Waals surface area contributed by atoms with Gasteiger partial charge in [-0.2, -0.15) is 0 Å². The largest absolute Gasteiger partial charge is 0.419 e. The van der Waals surface area contributed by atoms with Crippen molar-refractivity contribution in [2.75, 3.05) is 11.4 Å². The summed E-state index contributed by atoms with van der Waals surface area (Å²) >= 11 is 3.32. The van der Waals surface area contributed by atoms with Gasteiger partial charge in [-0.1, -0.05) is 22.0 Å². The molecule has 0 spiro atoms. The van der Waals surface area contributed by atoms with Crippen molar-refractivity contribution in [3.8, 4) is 5.75 Å². The lowest BCUT2D eigenvalue weighted by molar-refractivity contribution is -0.385. The first-order valence-corrected chi connectivity index (χ1v) is 8.36. The van der Waals surface area contributed by atoms with Crippen LogP contribution >= 0.6 is 15.9 Å². The van der Waals surface area contributed by atoms with Gasteiger partial charge in [0.1, 0.15) is 5.82 Å². The Morgan fingerprint density at radius 2 is 2.08 bits per heavy atom. The van der Waals surface area contributed by atoms with E-state index in [1.807, 2.05) is 0 Å². The summed E-state index contributed by atoms with van der Waals surface area (Å²) in [5.41, 5.74) is 0.101. The maximum atomic E-state index is 13.3. The number of nitro benzene ring substituents is 1. The van der Waals surface area contributed by atoms with Gasteiger partial charge in [0.25, 0.3) is 0 Å². The molecule has 2 aromatic rings. The average Bonchev–Trinajstić information content (AvgIpc) is 2.96. The summed E-state index contributed by atoms with van der Waals surface area (Å²) in [7, 11) is 0. The normalized spacial score (nSPS) is 16.6. The topological polar surface area (TPSA) is 89.7 Å². The number of amides is 1. The fourth-order valence-electron chi connectivity index (χ4n) is 2.67. The highest BCUT2D eigenvalue weighted by molar-refractivity contribution is 9.10. The number of hydrogen-bond acceptors (Lipinski definition) is 5. The third kappa shape index (κ3) is 3.72. The Morgan fingerprint density at radius 1 is 1.31 bits per heavy atom. The van der Waals surface area contributed by atoms with Crippen molar-refractivity contribution in [3.63, 3.8) is 0 Å². The molecular weight excluding hydrogens is 411 g/mol. The maximum absolute atomic E-state index is 13.3. The van der Waals surface area contributed by atoms with Crippen LogP contribution in [0.25, 0.3) is 0 Å². The fourth-order valence-corrected chi connectivity index (χ4v) is 3.06. The third-order valence-electron chi connectivity index (χ3n) is 3.91. The average molecular weight is 423 g/mol. The minimum atomic E-state index is -0.815. The van der Waals surface area contributed by atoms with E-state index in [9.17, 15) is 24.1 Å². The lowest BCUT2D eigenvalue weighted by Crippen LogP contribution is -2.27. The molecular formula is C17H12BrFN2O5. The molecule has 134 valence electrons. The zero-order valence-electron chi connectivity index (χ0n) is 13.2. The van der Waals surface area contributed by atoms with Crippen molar-refractivity contribution in [1.29, 1.82) is 0 Å². The molecule has 0 radical (unpaired) electrons. The van der Waals surface area contributed by atoms with Crippen LogP contribution in [0.15, 0.2) is 46.9 Å². The molecule has 0 saturated carbocycles. The monoisotopic (exact) mass is 422 g/mol. The number of anilines is 1. The van der Waals surface area contributed by atoms with Gasteiger partial charge in [0.15, 0.2) is 0 Å². The number of hydrogen-bond donors (Lipinski definition) is 0. The van der Waals surface area contributed by atoms with Crippen molar-refractivity contribution in [1.82, 2.24) is 0 Å². The lowest BCUT2D eigenvalue weighted by Gasteiger charge is -2.16. The van der Waals surface area contributed by atoms with E-state index in [0.717, 1.165) is 22.7 Å². The van der Waals surface area contributed by atoms with E-state index < -0.39 is 34.1 Å². The highest BCUT2D eigenvalue weighted by Gasteiger charge is 2.37. The smallest absolute Gasteiger partial charge is 0.316 e. The van der Waals surface area contributed by atoms with Crippen LogP contribution in [0.3, 0.4) is 0 Å². The third-order valence-corrected chi connectivity index (χ3v) is 4.40. The maximum Gasteiger partial charge on any atom is 0.316 e. The Hall–Kier alpha value is -2.81. The van der Waals surface area contributed by atoms with Gasteiger partial charge in [-0.05, 0) is 24.3 Å². The number of benzene rings is 2. The van der Waals surface area contributed by atoms with E-state index in [1.54, 1.807) is 24.3 Å². The molecule has 0 bridgehead atoms. The second-order valence-corrected chi connectivity index (χ2v) is 6.59. The van der Waals surface area contributed by atoms with Crippen molar-refractivity contribution in [2.45, 2.75) is 6.42 Å². The zero-order valence-corrected chi connectivity index (χ0v) is 14.8. The molecule has 0 aromatic heterocycles. The van der Waals surface area contributed by atoms with Gasteiger partial charge in [-0.25, -0.2) is 4.39 Å². The van der Waals surface area contributed by atoms with E-state index in [4.69, 9.17) is 4.74 Å². The van der Waals surface area contributed by atoms with E-state index in [-0.39, 0.29) is 18.9 Å². The molecule has 1 fully saturated rings. The predicted octanol–water partition coefficient (Wildman–Crippen LogP) is 3.45. The highest BCUT2D eigenvalue weighted by atomic mass is 79.9. The van der Waals surface area contributed by atoms with Crippen molar-refractivity contribution < 1.29 is 23.6 Å². The fraction of sp³-hybridized carbons (Fsp3) is 0.176. The highest BCUT2D eigenvalue weighted by Crippen LogP contribution is 2.31. The van der Waals surface area contributed by atoms with E-state index in [2.05, 4.69) is 15.9 Å². The van der Waals surface area contributed by atoms with Crippen LogP contribution < -0.4 is 9.64 Å². The molecule has 0 N–H and O–H groups in total. The van der Waals surface area contributed by atoms with Crippen molar-refractivity contribution >= 4 is 39.2 Å². The van der Waals surface area contributed by atoms with E-state index in [0.29, 0.717) is 5.69 Å². The van der Waals surface area contributed by atoms with Crippen LogP contribution in [-0.4, -0.2) is 23.3 Å². The summed E-state index contributed by atoms with van der Waals surface area (Å²) in [6, 6.07) is 9.64. The summed E-state index contributed by atoms with van der Waals surface area (Å²) in [4.78, 5) is 36.2. The van der Waals surface area contributed by atoms with Gasteiger partial charge < -0.3 is 9.64 Å². The first kappa shape index (κ1) is 18.0. The van der Waals surface area contributed by atoms with Crippen LogP contribution in [0.1, 0.15) is 6.42 Å². The Balaban J connectivity index is 1.77. The Kier molecular flexibility index (Phi) is 4.99. The second-order valence-electron chi connectivity index (χ2n) is 5.68. The summed E-state index contributed by atoms with van der Waals surface area (Å²) in [6.07, 6.45) is -0.0888. The van der Waals surface area contributed by atoms with Crippen LogP contribution in [0.5, 0.6) is 5.75 Å². The first-order chi connectivity index (χ1) is 12.3. The number of nitrogens with zero attached hydrogens (tertiary/aromatic N) is 2. The molecule has 26 heavy (non-hydrogen) atoms. The Morgan fingerprint density at radius 3 is 2.77 bits per heavy atom. The number of nitro groups is 1. The molecule has 9 heteroatoms. The van der Waals surface area contributed by atoms with Crippen LogP contribution in [0.4, 0.5) is 15.8 Å². The molecule has 3 rings (SSSR count). The van der Waals surface area contributed by atoms with Gasteiger partial charge in [-0.15, -0.1) is 0 Å². The molecule has 1 saturated heterocycles. The summed E-state index contributed by atoms with van der Waals surface area (Å²) < 4.78 is 19.1. The summed E-state index contributed by atoms with van der Waals surface area (Å²) in [6.45, 7) is 0.0806. The molecule has 1 heterocycles. The molecule has 2 aromatic carbocycles. The number of ether oxygens (including phenoxy) is 1. The second kappa shape index (κ2) is 7.20. The van der Waals surface area contributed by atoms with Gasteiger partial charge in [0.2, 0.25) is 11.7 Å². The van der Waals surface area contributed by atoms with Crippen LogP contribution in [-0.2, 0) is 9.59 Å². The van der Waals surface area contributed by atoms with Crippen molar-refractivity contribution in [2.24, 2.45) is 5.92 Å². The van der Waals surface area contributed by atoms with Crippen molar-refractivity contribution in [3.05, 3.63) is 62.9 Å². The van der Waals surface area contributed by atoms with Crippen LogP contribution in [0, 0.1) is 21.8 Å². The Labute approximate surface area is 155 Å². The molecule has 1 atom stereocenters. The summed E-state index contributed by atoms with van der Waals surface area (Å²) in [5.74, 6) is -3.13. The van der Waals surface area contributed by atoms with Crippen LogP contribution in [0.2, 0.25) is 0 Å². The van der Waals surface area contributed by atoms with E-state index >= 15 is 0 Å². The lowest BCUT2D eigenvalue weighted by atomic mass is 10.1. The van der Waals surface area contributed by atoms with Gasteiger partial charge in [-0.3, -0.25) is 19.7 Å². The zero-order chi connectivity index (χ0) is 18.8. The quantitative estimate of drug-likeness (QED) is 0.325. The summed E-state index contributed by atoms with van der Waals surface area (Å²) in [5, 5.41) is 11.0. The number of carbonyl (C=O) groups excluding carboxylic acids is 2. The standard InChI is InChI=1S/C17H12BrFN2O5/c18-11-2-1-3-13(7-11)20-9-10(6-16(20)22)17(23)26-15-8-12(19)4-5-14(15)21(24)25/h1-5,7-8,10H,6,9H2. The van der Waals surface area contributed by atoms with E-state index in [1.165, 1.54) is 4.90 Å². The molecule has 1 aliphatic heterocycles. The van der Waals surface area contributed by atoms with Gasteiger partial charge >= 0.3 is 11.7 Å². The number of halogens is 2. The molecule has 1 amide bonds. The number of esters is 1. The van der Waals surface area contributed by atoms with Gasteiger partial charge in [0, 0.05) is 35.3 Å². The number of carbonyl (C=O) groups is 2. The number of rotatable bonds is 4.